The molecular formula is C22H19N3O3. The number of carbonyl (C=O) groups is 2. The van der Waals surface area contributed by atoms with E-state index >= 15 is 0 Å². The first-order valence-corrected chi connectivity index (χ1v) is 8.79. The van der Waals surface area contributed by atoms with Crippen LogP contribution < -0.4 is 10.2 Å². The molecule has 28 heavy (non-hydrogen) atoms. The largest absolute Gasteiger partial charge is 0.426 e. The van der Waals surface area contributed by atoms with Crippen LogP contribution in [0.1, 0.15) is 27.9 Å². The van der Waals surface area contributed by atoms with E-state index in [2.05, 4.69) is 15.5 Å². The smallest absolute Gasteiger partial charge is 0.311 e. The molecule has 0 aliphatic carbocycles. The van der Waals surface area contributed by atoms with Crippen LogP contribution >= 0.6 is 0 Å². The number of benzene rings is 2. The van der Waals surface area contributed by atoms with Gasteiger partial charge in [-0.3, -0.25) is 14.6 Å². The molecule has 0 radical (unpaired) electrons. The van der Waals surface area contributed by atoms with Crippen LogP contribution in [0.4, 0.5) is 0 Å². The van der Waals surface area contributed by atoms with Crippen molar-refractivity contribution < 1.29 is 14.3 Å². The fourth-order valence-corrected chi connectivity index (χ4v) is 2.47. The molecule has 1 aromatic heterocycles. The third-order valence-electron chi connectivity index (χ3n) is 3.92. The average Bonchev–Trinajstić information content (AvgIpc) is 2.75. The van der Waals surface area contributed by atoms with Crippen LogP contribution in [0.2, 0.25) is 0 Å². The number of amides is 1. The van der Waals surface area contributed by atoms with Gasteiger partial charge in [0.25, 0.3) is 5.91 Å². The second kappa shape index (κ2) is 9.78. The van der Waals surface area contributed by atoms with E-state index in [4.69, 9.17) is 4.74 Å². The molecule has 6 nitrogen and oxygen atoms in total. The maximum atomic E-state index is 12.2. The summed E-state index contributed by atoms with van der Waals surface area (Å²) in [5.74, 6) is -0.288. The summed E-state index contributed by atoms with van der Waals surface area (Å²) in [6.07, 6.45) is 5.39. The molecule has 0 unspecified atom stereocenters. The Bertz CT molecular complexity index is 957. The first-order chi connectivity index (χ1) is 13.7. The van der Waals surface area contributed by atoms with E-state index in [-0.39, 0.29) is 18.3 Å². The summed E-state index contributed by atoms with van der Waals surface area (Å²) in [5, 5.41) is 3.94. The highest BCUT2D eigenvalue weighted by molar-refractivity contribution is 5.95. The van der Waals surface area contributed by atoms with Gasteiger partial charge in [-0.05, 0) is 36.2 Å². The molecule has 6 heteroatoms. The predicted molar refractivity (Wildman–Crippen MR) is 106 cm³/mol. The highest BCUT2D eigenvalue weighted by Gasteiger charge is 2.09. The number of nitrogens with zero attached hydrogens (tertiary/aromatic N) is 2. The predicted octanol–water partition coefficient (Wildman–Crippen LogP) is 3.38. The summed E-state index contributed by atoms with van der Waals surface area (Å²) < 4.78 is 5.46. The number of esters is 1. The molecule has 3 rings (SSSR count). The molecule has 0 fully saturated rings. The Labute approximate surface area is 162 Å². The number of pyridine rings is 1. The number of aromatic nitrogens is 1. The van der Waals surface area contributed by atoms with Crippen LogP contribution in [0.25, 0.3) is 0 Å². The summed E-state index contributed by atoms with van der Waals surface area (Å²) in [4.78, 5) is 28.0. The van der Waals surface area contributed by atoms with E-state index in [9.17, 15) is 9.59 Å². The zero-order valence-corrected chi connectivity index (χ0v) is 15.1. The third kappa shape index (κ3) is 5.60. The van der Waals surface area contributed by atoms with Crippen LogP contribution in [0.15, 0.2) is 84.2 Å². The minimum atomic E-state index is -0.351. The van der Waals surface area contributed by atoms with Gasteiger partial charge in [0.15, 0.2) is 0 Å². The Morgan fingerprint density at radius 3 is 2.46 bits per heavy atom. The highest BCUT2D eigenvalue weighted by atomic mass is 16.5. The van der Waals surface area contributed by atoms with Gasteiger partial charge in [0.1, 0.15) is 5.75 Å². The fourth-order valence-electron chi connectivity index (χ4n) is 2.47. The van der Waals surface area contributed by atoms with Crippen molar-refractivity contribution in [2.45, 2.75) is 12.8 Å². The molecule has 1 heterocycles. The summed E-state index contributed by atoms with van der Waals surface area (Å²) in [5.41, 5.74) is 4.55. The van der Waals surface area contributed by atoms with Gasteiger partial charge >= 0.3 is 5.97 Å². The van der Waals surface area contributed by atoms with Crippen molar-refractivity contribution in [1.29, 1.82) is 0 Å². The number of aryl methyl sites for hydroxylation is 1. The summed E-state index contributed by atoms with van der Waals surface area (Å²) in [6.45, 7) is 0. The molecule has 2 aromatic carbocycles. The van der Waals surface area contributed by atoms with Crippen molar-refractivity contribution >= 4 is 18.1 Å². The molecular weight excluding hydrogens is 354 g/mol. The van der Waals surface area contributed by atoms with Crippen molar-refractivity contribution in [3.8, 4) is 5.75 Å². The van der Waals surface area contributed by atoms with Gasteiger partial charge in [0, 0.05) is 29.9 Å². The molecule has 0 spiro atoms. The van der Waals surface area contributed by atoms with Crippen molar-refractivity contribution in [2.24, 2.45) is 5.10 Å². The SMILES string of the molecule is O=C(CCc1ccccc1)Oc1ccccc1/C=N/NC(=O)c1ccncc1. The summed E-state index contributed by atoms with van der Waals surface area (Å²) in [6, 6.07) is 19.9. The number of carbonyl (C=O) groups excluding carboxylic acids is 2. The molecule has 0 atom stereocenters. The Hall–Kier alpha value is -3.80. The van der Waals surface area contributed by atoms with Crippen LogP contribution in [0.5, 0.6) is 5.75 Å². The van der Waals surface area contributed by atoms with Crippen LogP contribution in [-0.4, -0.2) is 23.1 Å². The summed E-state index contributed by atoms with van der Waals surface area (Å²) in [7, 11) is 0. The van der Waals surface area contributed by atoms with Crippen molar-refractivity contribution in [3.63, 3.8) is 0 Å². The number of hydrogen-bond acceptors (Lipinski definition) is 5. The second-order valence-electron chi connectivity index (χ2n) is 5.93. The van der Waals surface area contributed by atoms with Crippen molar-refractivity contribution in [1.82, 2.24) is 10.4 Å². The Balaban J connectivity index is 1.58. The molecule has 0 saturated carbocycles. The minimum absolute atomic E-state index is 0.272. The van der Waals surface area contributed by atoms with Gasteiger partial charge in [-0.25, -0.2) is 5.43 Å². The molecule has 0 bridgehead atoms. The number of nitrogens with one attached hydrogen (secondary N) is 1. The number of rotatable bonds is 7. The van der Waals surface area contributed by atoms with E-state index in [0.29, 0.717) is 23.3 Å². The van der Waals surface area contributed by atoms with Gasteiger partial charge in [0.2, 0.25) is 0 Å². The topological polar surface area (TPSA) is 80.6 Å². The molecule has 0 aliphatic heterocycles. The maximum Gasteiger partial charge on any atom is 0.311 e. The Morgan fingerprint density at radius 1 is 0.964 bits per heavy atom. The molecule has 0 aliphatic rings. The lowest BCUT2D eigenvalue weighted by Crippen LogP contribution is -2.17. The first kappa shape index (κ1) is 19.0. The normalized spacial score (nSPS) is 10.6. The standard InChI is InChI=1S/C22H19N3O3/c26-21(11-10-17-6-2-1-3-7-17)28-20-9-5-4-8-19(20)16-24-25-22(27)18-12-14-23-15-13-18/h1-9,12-16H,10-11H2,(H,25,27)/b24-16+. The quantitative estimate of drug-likeness (QED) is 0.298. The number of para-hydroxylation sites is 1. The van der Waals surface area contributed by atoms with Gasteiger partial charge in [-0.15, -0.1) is 0 Å². The lowest BCUT2D eigenvalue weighted by Gasteiger charge is -2.07. The lowest BCUT2D eigenvalue weighted by atomic mass is 10.1. The second-order valence-corrected chi connectivity index (χ2v) is 5.93. The number of ether oxygens (including phenoxy) is 1. The number of hydrogen-bond donors (Lipinski definition) is 1. The molecule has 3 aromatic rings. The fraction of sp³-hybridized carbons (Fsp3) is 0.0909. The molecule has 140 valence electrons. The highest BCUT2D eigenvalue weighted by Crippen LogP contribution is 2.17. The molecule has 0 saturated heterocycles. The Kier molecular flexibility index (Phi) is 6.62. The van der Waals surface area contributed by atoms with Gasteiger partial charge in [0.05, 0.1) is 6.21 Å². The average molecular weight is 373 g/mol. The van der Waals surface area contributed by atoms with Crippen LogP contribution in [-0.2, 0) is 11.2 Å². The maximum absolute atomic E-state index is 12.2. The van der Waals surface area contributed by atoms with E-state index < -0.39 is 0 Å². The van der Waals surface area contributed by atoms with Crippen LogP contribution in [0.3, 0.4) is 0 Å². The van der Waals surface area contributed by atoms with E-state index in [1.807, 2.05) is 30.3 Å². The Morgan fingerprint density at radius 2 is 1.68 bits per heavy atom. The molecule has 1 amide bonds. The summed E-state index contributed by atoms with van der Waals surface area (Å²) >= 11 is 0. The van der Waals surface area contributed by atoms with Crippen molar-refractivity contribution in [3.05, 3.63) is 95.8 Å². The zero-order chi connectivity index (χ0) is 19.6. The van der Waals surface area contributed by atoms with Gasteiger partial charge in [-0.2, -0.15) is 5.10 Å². The van der Waals surface area contributed by atoms with E-state index in [1.54, 1.807) is 36.4 Å². The van der Waals surface area contributed by atoms with E-state index in [0.717, 1.165) is 5.56 Å². The van der Waals surface area contributed by atoms with Gasteiger partial charge in [-0.1, -0.05) is 42.5 Å². The third-order valence-corrected chi connectivity index (χ3v) is 3.92. The minimum Gasteiger partial charge on any atom is -0.426 e. The zero-order valence-electron chi connectivity index (χ0n) is 15.1. The van der Waals surface area contributed by atoms with Gasteiger partial charge < -0.3 is 4.74 Å². The lowest BCUT2D eigenvalue weighted by molar-refractivity contribution is -0.134. The van der Waals surface area contributed by atoms with E-state index in [1.165, 1.54) is 18.6 Å². The monoisotopic (exact) mass is 373 g/mol. The first-order valence-electron chi connectivity index (χ1n) is 8.79. The number of hydrazone groups is 1. The molecule has 1 N–H and O–H groups in total. The van der Waals surface area contributed by atoms with Crippen molar-refractivity contribution in [2.75, 3.05) is 0 Å². The van der Waals surface area contributed by atoms with Crippen LogP contribution in [0, 0.1) is 0 Å².